The normalized spacial score (nSPS) is 20.7. The average Bonchev–Trinajstić information content (AvgIpc) is 2.66. The Bertz CT molecular complexity index is 881. The van der Waals surface area contributed by atoms with Gasteiger partial charge in [0.25, 0.3) is 5.56 Å². The Morgan fingerprint density at radius 1 is 1.11 bits per heavy atom. The standard InChI is InChI=1S/C21H25N3O3.BrH/c22-18-7-5-16(6-8-18)21(26)27-10-2-9-23-12-15-11-17(14-23)19-3-1-4-20(25)24(19)13-15;/h1,3-8,15,17H,2,9-14,22H2;1H/t15-,17+;/m0./s1. The van der Waals surface area contributed by atoms with E-state index in [1.165, 1.54) is 5.69 Å². The quantitative estimate of drug-likeness (QED) is 0.433. The molecule has 2 atom stereocenters. The van der Waals surface area contributed by atoms with Gasteiger partial charge in [-0.3, -0.25) is 4.79 Å². The number of carbonyl (C=O) groups is 1. The molecule has 0 radical (unpaired) electrons. The molecule has 150 valence electrons. The lowest BCUT2D eigenvalue weighted by Gasteiger charge is -2.42. The summed E-state index contributed by atoms with van der Waals surface area (Å²) in [5.41, 5.74) is 8.07. The lowest BCUT2D eigenvalue weighted by Crippen LogP contribution is -2.47. The van der Waals surface area contributed by atoms with Crippen LogP contribution in [0, 0.1) is 5.92 Å². The molecular formula is C21H26BrN3O3. The first-order valence-electron chi connectivity index (χ1n) is 9.55. The number of ether oxygens (including phenoxy) is 1. The molecule has 2 aliphatic rings. The molecule has 0 unspecified atom stereocenters. The number of aromatic nitrogens is 1. The predicted octanol–water partition coefficient (Wildman–Crippen LogP) is 2.67. The average molecular weight is 448 g/mol. The SMILES string of the molecule is Br.Nc1ccc(C(=O)OCCCN2C[C@@H]3C[C@H](C2)c2cccc(=O)n2C3)cc1. The van der Waals surface area contributed by atoms with Crippen molar-refractivity contribution in [2.24, 2.45) is 5.92 Å². The van der Waals surface area contributed by atoms with Crippen molar-refractivity contribution in [2.75, 3.05) is 32.0 Å². The predicted molar refractivity (Wildman–Crippen MR) is 114 cm³/mol. The van der Waals surface area contributed by atoms with Gasteiger partial charge in [0, 0.05) is 49.5 Å². The number of nitrogens with two attached hydrogens (primary N) is 1. The summed E-state index contributed by atoms with van der Waals surface area (Å²) in [6.07, 6.45) is 1.97. The summed E-state index contributed by atoms with van der Waals surface area (Å²) in [6, 6.07) is 12.4. The summed E-state index contributed by atoms with van der Waals surface area (Å²) >= 11 is 0. The molecule has 1 aromatic carbocycles. The molecule has 7 heteroatoms. The summed E-state index contributed by atoms with van der Waals surface area (Å²) in [5, 5.41) is 0. The highest BCUT2D eigenvalue weighted by molar-refractivity contribution is 8.93. The lowest BCUT2D eigenvalue weighted by atomic mass is 9.83. The van der Waals surface area contributed by atoms with Crippen molar-refractivity contribution in [3.63, 3.8) is 0 Å². The number of likely N-dealkylation sites (tertiary alicyclic amines) is 1. The molecule has 2 aromatic rings. The molecule has 1 aromatic heterocycles. The van der Waals surface area contributed by atoms with Crippen LogP contribution in [0.4, 0.5) is 5.69 Å². The molecule has 0 spiro atoms. The van der Waals surface area contributed by atoms with Crippen LogP contribution in [-0.2, 0) is 11.3 Å². The summed E-state index contributed by atoms with van der Waals surface area (Å²) < 4.78 is 7.32. The Hall–Kier alpha value is -2.12. The molecule has 28 heavy (non-hydrogen) atoms. The number of esters is 1. The van der Waals surface area contributed by atoms with E-state index in [4.69, 9.17) is 10.5 Å². The van der Waals surface area contributed by atoms with Crippen LogP contribution in [0.25, 0.3) is 0 Å². The Morgan fingerprint density at radius 3 is 2.68 bits per heavy atom. The van der Waals surface area contributed by atoms with Gasteiger partial charge in [-0.15, -0.1) is 17.0 Å². The molecule has 6 nitrogen and oxygen atoms in total. The van der Waals surface area contributed by atoms with Crippen molar-refractivity contribution < 1.29 is 9.53 Å². The smallest absolute Gasteiger partial charge is 0.338 e. The van der Waals surface area contributed by atoms with Crippen LogP contribution in [0.2, 0.25) is 0 Å². The van der Waals surface area contributed by atoms with Gasteiger partial charge in [-0.2, -0.15) is 0 Å². The third-order valence-corrected chi connectivity index (χ3v) is 5.55. The molecule has 0 saturated carbocycles. The van der Waals surface area contributed by atoms with Crippen molar-refractivity contribution in [1.82, 2.24) is 9.47 Å². The number of halogens is 1. The molecule has 2 aliphatic heterocycles. The van der Waals surface area contributed by atoms with Crippen molar-refractivity contribution in [2.45, 2.75) is 25.3 Å². The largest absolute Gasteiger partial charge is 0.462 e. The third-order valence-electron chi connectivity index (χ3n) is 5.55. The molecule has 1 saturated heterocycles. The number of hydrogen-bond acceptors (Lipinski definition) is 5. The molecule has 0 aliphatic carbocycles. The first kappa shape index (κ1) is 20.6. The Balaban J connectivity index is 0.00000225. The van der Waals surface area contributed by atoms with Crippen LogP contribution in [0.1, 0.15) is 34.8 Å². The highest BCUT2D eigenvalue weighted by Crippen LogP contribution is 2.34. The van der Waals surface area contributed by atoms with E-state index in [0.29, 0.717) is 29.7 Å². The minimum absolute atomic E-state index is 0. The van der Waals surface area contributed by atoms with E-state index in [1.807, 2.05) is 10.6 Å². The Kier molecular flexibility index (Phi) is 6.57. The van der Waals surface area contributed by atoms with E-state index < -0.39 is 0 Å². The van der Waals surface area contributed by atoms with Gasteiger partial charge in [0.2, 0.25) is 0 Å². The number of rotatable bonds is 5. The van der Waals surface area contributed by atoms with Crippen LogP contribution >= 0.6 is 17.0 Å². The number of benzene rings is 1. The van der Waals surface area contributed by atoms with E-state index in [2.05, 4.69) is 11.0 Å². The molecule has 2 N–H and O–H groups in total. The van der Waals surface area contributed by atoms with Crippen LogP contribution in [-0.4, -0.2) is 41.7 Å². The van der Waals surface area contributed by atoms with Gasteiger partial charge in [-0.25, -0.2) is 4.79 Å². The second-order valence-corrected chi connectivity index (χ2v) is 7.57. The summed E-state index contributed by atoms with van der Waals surface area (Å²) in [6.45, 7) is 4.09. The molecule has 2 bridgehead atoms. The number of pyridine rings is 1. The topological polar surface area (TPSA) is 77.6 Å². The van der Waals surface area contributed by atoms with Gasteiger partial charge < -0.3 is 19.9 Å². The molecule has 0 amide bonds. The number of piperidine rings is 1. The van der Waals surface area contributed by atoms with Gasteiger partial charge in [0.15, 0.2) is 0 Å². The third kappa shape index (κ3) is 4.47. The van der Waals surface area contributed by atoms with Crippen molar-refractivity contribution in [3.05, 3.63) is 64.1 Å². The maximum atomic E-state index is 12.1. The number of nitrogens with zero attached hydrogens (tertiary/aromatic N) is 2. The monoisotopic (exact) mass is 447 g/mol. The lowest BCUT2D eigenvalue weighted by molar-refractivity contribution is 0.0470. The zero-order valence-electron chi connectivity index (χ0n) is 15.8. The maximum Gasteiger partial charge on any atom is 0.338 e. The molecule has 1 fully saturated rings. The van der Waals surface area contributed by atoms with E-state index in [1.54, 1.807) is 30.3 Å². The first-order chi connectivity index (χ1) is 13.1. The van der Waals surface area contributed by atoms with E-state index >= 15 is 0 Å². The van der Waals surface area contributed by atoms with Gasteiger partial charge in [0.05, 0.1) is 12.2 Å². The van der Waals surface area contributed by atoms with Crippen molar-refractivity contribution in [3.8, 4) is 0 Å². The second kappa shape index (κ2) is 8.92. The van der Waals surface area contributed by atoms with E-state index in [9.17, 15) is 9.59 Å². The minimum atomic E-state index is -0.307. The zero-order valence-corrected chi connectivity index (χ0v) is 17.5. The van der Waals surface area contributed by atoms with Gasteiger partial charge in [-0.1, -0.05) is 6.07 Å². The van der Waals surface area contributed by atoms with Crippen LogP contribution in [0.3, 0.4) is 0 Å². The highest BCUT2D eigenvalue weighted by Gasteiger charge is 2.34. The molecular weight excluding hydrogens is 422 g/mol. The Morgan fingerprint density at radius 2 is 1.89 bits per heavy atom. The molecule has 4 rings (SSSR count). The number of hydrogen-bond donors (Lipinski definition) is 1. The van der Waals surface area contributed by atoms with Crippen molar-refractivity contribution in [1.29, 1.82) is 0 Å². The first-order valence-corrected chi connectivity index (χ1v) is 9.55. The van der Waals surface area contributed by atoms with Crippen LogP contribution in [0.5, 0.6) is 0 Å². The summed E-state index contributed by atoms with van der Waals surface area (Å²) in [4.78, 5) is 26.5. The Labute approximate surface area is 175 Å². The summed E-state index contributed by atoms with van der Waals surface area (Å²) in [7, 11) is 0. The summed E-state index contributed by atoms with van der Waals surface area (Å²) in [5.74, 6) is 0.635. The highest BCUT2D eigenvalue weighted by atomic mass is 79.9. The maximum absolute atomic E-state index is 12.1. The van der Waals surface area contributed by atoms with Crippen LogP contribution < -0.4 is 11.3 Å². The van der Waals surface area contributed by atoms with Gasteiger partial charge in [-0.05, 0) is 49.1 Å². The minimum Gasteiger partial charge on any atom is -0.462 e. The number of carbonyl (C=O) groups excluding carboxylic acids is 1. The fourth-order valence-electron chi connectivity index (χ4n) is 4.33. The van der Waals surface area contributed by atoms with Gasteiger partial charge in [0.1, 0.15) is 0 Å². The number of nitrogen functional groups attached to an aromatic ring is 1. The molecule has 3 heterocycles. The number of anilines is 1. The van der Waals surface area contributed by atoms with Crippen molar-refractivity contribution >= 4 is 28.6 Å². The number of fused-ring (bicyclic) bond motifs is 4. The van der Waals surface area contributed by atoms with E-state index in [0.717, 1.165) is 39.0 Å². The second-order valence-electron chi connectivity index (χ2n) is 7.57. The van der Waals surface area contributed by atoms with Crippen LogP contribution in [0.15, 0.2) is 47.3 Å². The van der Waals surface area contributed by atoms with E-state index in [-0.39, 0.29) is 28.5 Å². The zero-order chi connectivity index (χ0) is 18.8. The fraction of sp³-hybridized carbons (Fsp3) is 0.429. The fourth-order valence-corrected chi connectivity index (χ4v) is 4.33. The van der Waals surface area contributed by atoms with Gasteiger partial charge >= 0.3 is 5.97 Å².